The highest BCUT2D eigenvalue weighted by molar-refractivity contribution is 5.42. The Labute approximate surface area is 69.0 Å². The summed E-state index contributed by atoms with van der Waals surface area (Å²) in [5.41, 5.74) is 3.76. The van der Waals surface area contributed by atoms with Crippen LogP contribution in [0.2, 0.25) is 0 Å². The summed E-state index contributed by atoms with van der Waals surface area (Å²) in [7, 11) is 0. The molecular weight excluding hydrogens is 132 g/mol. The minimum Gasteiger partial charge on any atom is -0.0810 e. The molecule has 0 fully saturated rings. The highest BCUT2D eigenvalue weighted by atomic mass is 14.3. The van der Waals surface area contributed by atoms with Gasteiger partial charge in [-0.1, -0.05) is 26.0 Å². The van der Waals surface area contributed by atoms with Crippen LogP contribution in [0.4, 0.5) is 0 Å². The van der Waals surface area contributed by atoms with Crippen molar-refractivity contribution in [3.63, 3.8) is 0 Å². The van der Waals surface area contributed by atoms with Gasteiger partial charge in [0.1, 0.15) is 0 Å². The molecule has 0 saturated heterocycles. The SMILES string of the molecule is CC1(C)CCC=C2CCC=C21. The molecule has 0 N–H and O–H groups in total. The van der Waals surface area contributed by atoms with Crippen LogP contribution in [0.25, 0.3) is 0 Å². The second-order valence-electron chi connectivity index (χ2n) is 4.31. The van der Waals surface area contributed by atoms with Crippen molar-refractivity contribution in [3.05, 3.63) is 23.3 Å². The highest BCUT2D eigenvalue weighted by Crippen LogP contribution is 2.45. The van der Waals surface area contributed by atoms with Crippen molar-refractivity contribution in [3.8, 4) is 0 Å². The summed E-state index contributed by atoms with van der Waals surface area (Å²) in [4.78, 5) is 0. The molecule has 0 aromatic carbocycles. The molecule has 0 amide bonds. The minimum absolute atomic E-state index is 0.473. The van der Waals surface area contributed by atoms with Crippen molar-refractivity contribution in [2.24, 2.45) is 5.41 Å². The second-order valence-corrected chi connectivity index (χ2v) is 4.31. The zero-order valence-electron chi connectivity index (χ0n) is 7.48. The third kappa shape index (κ3) is 1.05. The Bertz CT molecular complexity index is 228. The van der Waals surface area contributed by atoms with Gasteiger partial charge in [0.15, 0.2) is 0 Å². The van der Waals surface area contributed by atoms with Crippen molar-refractivity contribution in [1.82, 2.24) is 0 Å². The van der Waals surface area contributed by atoms with Crippen LogP contribution in [0, 0.1) is 5.41 Å². The van der Waals surface area contributed by atoms with E-state index in [0.717, 1.165) is 0 Å². The van der Waals surface area contributed by atoms with Gasteiger partial charge in [-0.3, -0.25) is 0 Å². The van der Waals surface area contributed by atoms with E-state index in [1.807, 2.05) is 0 Å². The summed E-state index contributed by atoms with van der Waals surface area (Å²) < 4.78 is 0. The topological polar surface area (TPSA) is 0 Å². The Balaban J connectivity index is 2.39. The molecule has 2 rings (SSSR count). The normalized spacial score (nSPS) is 27.5. The Kier molecular flexibility index (Phi) is 1.45. The summed E-state index contributed by atoms with van der Waals surface area (Å²) in [6.45, 7) is 4.74. The van der Waals surface area contributed by atoms with E-state index in [1.54, 1.807) is 11.1 Å². The standard InChI is InChI=1S/C11H16/c1-11(2)8-4-6-9-5-3-7-10(9)11/h6-7H,3-5,8H2,1-2H3. The van der Waals surface area contributed by atoms with E-state index in [1.165, 1.54) is 25.7 Å². The predicted molar refractivity (Wildman–Crippen MR) is 48.4 cm³/mol. The molecule has 0 heterocycles. The molecule has 2 aliphatic rings. The van der Waals surface area contributed by atoms with Crippen LogP contribution in [0.5, 0.6) is 0 Å². The quantitative estimate of drug-likeness (QED) is 0.493. The van der Waals surface area contributed by atoms with Crippen molar-refractivity contribution >= 4 is 0 Å². The smallest absolute Gasteiger partial charge is 0.0101 e. The van der Waals surface area contributed by atoms with Gasteiger partial charge < -0.3 is 0 Å². The van der Waals surface area contributed by atoms with Crippen molar-refractivity contribution in [2.45, 2.75) is 39.5 Å². The van der Waals surface area contributed by atoms with Gasteiger partial charge in [0.05, 0.1) is 0 Å². The van der Waals surface area contributed by atoms with Crippen LogP contribution in [-0.4, -0.2) is 0 Å². The van der Waals surface area contributed by atoms with Crippen LogP contribution in [0.1, 0.15) is 39.5 Å². The van der Waals surface area contributed by atoms with Gasteiger partial charge in [-0.2, -0.15) is 0 Å². The lowest BCUT2D eigenvalue weighted by Gasteiger charge is -2.31. The Morgan fingerprint density at radius 2 is 2.00 bits per heavy atom. The van der Waals surface area contributed by atoms with Gasteiger partial charge >= 0.3 is 0 Å². The average Bonchev–Trinajstić information content (AvgIpc) is 2.34. The first kappa shape index (κ1) is 7.15. The highest BCUT2D eigenvalue weighted by Gasteiger charge is 2.30. The zero-order valence-corrected chi connectivity index (χ0v) is 7.48. The summed E-state index contributed by atoms with van der Waals surface area (Å²) in [6.07, 6.45) is 10.1. The average molecular weight is 148 g/mol. The lowest BCUT2D eigenvalue weighted by Crippen LogP contribution is -2.17. The van der Waals surface area contributed by atoms with Gasteiger partial charge in [-0.25, -0.2) is 0 Å². The first-order valence-corrected chi connectivity index (χ1v) is 4.60. The van der Waals surface area contributed by atoms with E-state index in [0.29, 0.717) is 5.41 Å². The molecule has 0 saturated carbocycles. The van der Waals surface area contributed by atoms with Gasteiger partial charge in [-0.15, -0.1) is 0 Å². The lowest BCUT2D eigenvalue weighted by atomic mass is 9.74. The zero-order chi connectivity index (χ0) is 7.90. The van der Waals surface area contributed by atoms with E-state index in [4.69, 9.17) is 0 Å². The van der Waals surface area contributed by atoms with Crippen molar-refractivity contribution < 1.29 is 0 Å². The first-order chi connectivity index (χ1) is 5.20. The Morgan fingerprint density at radius 3 is 2.73 bits per heavy atom. The molecule has 0 aromatic rings. The fourth-order valence-corrected chi connectivity index (χ4v) is 2.30. The molecule has 0 atom stereocenters. The minimum atomic E-state index is 0.473. The summed E-state index contributed by atoms with van der Waals surface area (Å²) in [5, 5.41) is 0. The number of fused-ring (bicyclic) bond motifs is 1. The largest absolute Gasteiger partial charge is 0.0810 e. The molecule has 0 aliphatic heterocycles. The van der Waals surface area contributed by atoms with E-state index in [-0.39, 0.29) is 0 Å². The second kappa shape index (κ2) is 2.23. The molecule has 0 heteroatoms. The van der Waals surface area contributed by atoms with E-state index >= 15 is 0 Å². The molecule has 0 unspecified atom stereocenters. The number of hydrogen-bond acceptors (Lipinski definition) is 0. The monoisotopic (exact) mass is 148 g/mol. The fraction of sp³-hybridized carbons (Fsp3) is 0.636. The van der Waals surface area contributed by atoms with Crippen LogP contribution in [-0.2, 0) is 0 Å². The molecule has 0 radical (unpaired) electrons. The van der Waals surface area contributed by atoms with Gasteiger partial charge in [0, 0.05) is 0 Å². The van der Waals surface area contributed by atoms with Crippen molar-refractivity contribution in [2.75, 3.05) is 0 Å². The maximum absolute atomic E-state index is 2.44. The first-order valence-electron chi connectivity index (χ1n) is 4.60. The summed E-state index contributed by atoms with van der Waals surface area (Å²) in [6, 6.07) is 0. The molecular formula is C11H16. The lowest BCUT2D eigenvalue weighted by molar-refractivity contribution is 0.406. The number of rotatable bonds is 0. The van der Waals surface area contributed by atoms with Gasteiger partial charge in [0.25, 0.3) is 0 Å². The van der Waals surface area contributed by atoms with E-state index in [2.05, 4.69) is 26.0 Å². The van der Waals surface area contributed by atoms with E-state index in [9.17, 15) is 0 Å². The molecule has 0 nitrogen and oxygen atoms in total. The van der Waals surface area contributed by atoms with Gasteiger partial charge in [-0.05, 0) is 42.2 Å². The van der Waals surface area contributed by atoms with Crippen LogP contribution in [0.15, 0.2) is 23.3 Å². The molecule has 2 aliphatic carbocycles. The summed E-state index contributed by atoms with van der Waals surface area (Å²) >= 11 is 0. The van der Waals surface area contributed by atoms with Crippen LogP contribution < -0.4 is 0 Å². The third-order valence-corrected chi connectivity index (χ3v) is 3.00. The van der Waals surface area contributed by atoms with Crippen molar-refractivity contribution in [1.29, 1.82) is 0 Å². The molecule has 0 spiro atoms. The Morgan fingerprint density at radius 1 is 1.18 bits per heavy atom. The van der Waals surface area contributed by atoms with E-state index < -0.39 is 0 Å². The molecule has 0 aromatic heterocycles. The molecule has 60 valence electrons. The fourth-order valence-electron chi connectivity index (χ4n) is 2.30. The van der Waals surface area contributed by atoms with Gasteiger partial charge in [0.2, 0.25) is 0 Å². The Hall–Kier alpha value is -0.520. The number of hydrogen-bond donors (Lipinski definition) is 0. The summed E-state index contributed by atoms with van der Waals surface area (Å²) in [5.74, 6) is 0. The predicted octanol–water partition coefficient (Wildman–Crippen LogP) is 3.45. The maximum Gasteiger partial charge on any atom is -0.0101 e. The van der Waals surface area contributed by atoms with Crippen LogP contribution >= 0.6 is 0 Å². The maximum atomic E-state index is 2.44. The molecule has 11 heavy (non-hydrogen) atoms. The molecule has 0 bridgehead atoms. The van der Waals surface area contributed by atoms with Crippen LogP contribution in [0.3, 0.4) is 0 Å². The number of allylic oxidation sites excluding steroid dienone is 4. The third-order valence-electron chi connectivity index (χ3n) is 3.00.